The molecule has 0 fully saturated rings. The Bertz CT molecular complexity index is 1870. The van der Waals surface area contributed by atoms with Crippen molar-refractivity contribution in [1.82, 2.24) is 29.2 Å². The number of hydrogen-bond acceptors (Lipinski definition) is 7. The van der Waals surface area contributed by atoms with Crippen molar-refractivity contribution in [3.8, 4) is 34.0 Å². The van der Waals surface area contributed by atoms with Crippen molar-refractivity contribution in [3.05, 3.63) is 59.9 Å². The molecule has 0 radical (unpaired) electrons. The van der Waals surface area contributed by atoms with Gasteiger partial charge in [-0.2, -0.15) is 0 Å². The van der Waals surface area contributed by atoms with Crippen LogP contribution in [0.1, 0.15) is 86.3 Å². The van der Waals surface area contributed by atoms with Crippen LogP contribution in [0.15, 0.2) is 42.9 Å². The van der Waals surface area contributed by atoms with Crippen molar-refractivity contribution in [3.63, 3.8) is 0 Å². The summed E-state index contributed by atoms with van der Waals surface area (Å²) in [6.45, 7) is 24.5. The Hall–Kier alpha value is -4.56. The maximum Gasteiger partial charge on any atom is 0.410 e. The lowest BCUT2D eigenvalue weighted by molar-refractivity contribution is -0.120. The van der Waals surface area contributed by atoms with E-state index in [0.29, 0.717) is 39.7 Å². The summed E-state index contributed by atoms with van der Waals surface area (Å²) in [6.07, 6.45) is 4.98. The van der Waals surface area contributed by atoms with Crippen molar-refractivity contribution in [1.29, 1.82) is 0 Å². The standard InChI is InChI=1S/C38H51N7O3Si/c1-23(2)49(24(3)4,25(5)6)19-17-31-30(14-15-32(41-31)42-36(46)27(8)44(13)37(47)48-38(10,11)12)35-34(29-21-39-28(9)40-22-29)43-33-20-26(7)16-18-45(33)35/h14-16,18,20-25,27H,1-13H3,(H,41,42,46). The van der Waals surface area contributed by atoms with Crippen LogP contribution in [0.3, 0.4) is 0 Å². The van der Waals surface area contributed by atoms with E-state index >= 15 is 0 Å². The van der Waals surface area contributed by atoms with Crippen LogP contribution in [0.2, 0.25) is 16.6 Å². The molecule has 4 heterocycles. The zero-order chi connectivity index (χ0) is 36.4. The first kappa shape index (κ1) is 37.3. The van der Waals surface area contributed by atoms with E-state index in [1.54, 1.807) is 53.2 Å². The largest absolute Gasteiger partial charge is 0.444 e. The summed E-state index contributed by atoms with van der Waals surface area (Å²) in [5.74, 6) is 4.16. The SMILES string of the molecule is Cc1ccn2c(-c3ccc(NC(=O)C(C)N(C)C(=O)OC(C)(C)C)nc3C#C[Si](C(C)C)(C(C)C)C(C)C)c(-c3cnc(C)nc3)nc2c1. The van der Waals surface area contributed by atoms with E-state index in [1.165, 1.54) is 4.90 Å². The molecule has 0 aliphatic heterocycles. The van der Waals surface area contributed by atoms with Crippen molar-refractivity contribution < 1.29 is 14.3 Å². The summed E-state index contributed by atoms with van der Waals surface area (Å²) in [7, 11) is -0.623. The number of anilines is 1. The van der Waals surface area contributed by atoms with E-state index in [9.17, 15) is 9.59 Å². The molecule has 2 amide bonds. The van der Waals surface area contributed by atoms with Crippen LogP contribution in [0.25, 0.3) is 28.2 Å². The molecule has 4 aromatic rings. The van der Waals surface area contributed by atoms with Crippen LogP contribution in [0, 0.1) is 25.3 Å². The lowest BCUT2D eigenvalue weighted by Crippen LogP contribution is -2.45. The van der Waals surface area contributed by atoms with Crippen molar-refractivity contribution in [2.75, 3.05) is 12.4 Å². The minimum Gasteiger partial charge on any atom is -0.444 e. The lowest BCUT2D eigenvalue weighted by atomic mass is 10.1. The molecule has 260 valence electrons. The third-order valence-corrected chi connectivity index (χ3v) is 15.4. The number of likely N-dealkylation sites (N-methyl/N-ethyl adjacent to an activating group) is 1. The van der Waals surface area contributed by atoms with Gasteiger partial charge in [0.1, 0.15) is 48.4 Å². The van der Waals surface area contributed by atoms with E-state index < -0.39 is 31.7 Å². The molecule has 0 aromatic carbocycles. The van der Waals surface area contributed by atoms with Crippen LogP contribution in [-0.4, -0.2) is 68.0 Å². The van der Waals surface area contributed by atoms with E-state index in [-0.39, 0.29) is 0 Å². The highest BCUT2D eigenvalue weighted by Gasteiger charge is 2.42. The zero-order valence-electron chi connectivity index (χ0n) is 31.3. The number of amides is 2. The quantitative estimate of drug-likeness (QED) is 0.147. The number of rotatable bonds is 8. The molecule has 11 heteroatoms. The van der Waals surface area contributed by atoms with Gasteiger partial charge in [-0.1, -0.05) is 47.5 Å². The van der Waals surface area contributed by atoms with Crippen LogP contribution in [0.5, 0.6) is 0 Å². The Morgan fingerprint density at radius 3 is 2.12 bits per heavy atom. The first-order valence-electron chi connectivity index (χ1n) is 16.9. The highest BCUT2D eigenvalue weighted by molar-refractivity contribution is 6.90. The number of fused-ring (bicyclic) bond motifs is 1. The fourth-order valence-electron chi connectivity index (χ4n) is 6.43. The Labute approximate surface area is 292 Å². The molecule has 49 heavy (non-hydrogen) atoms. The maximum absolute atomic E-state index is 13.4. The smallest absolute Gasteiger partial charge is 0.410 e. The molecule has 0 aliphatic rings. The second kappa shape index (κ2) is 14.5. The average molecular weight is 682 g/mol. The van der Waals surface area contributed by atoms with Gasteiger partial charge in [0, 0.05) is 36.8 Å². The third kappa shape index (κ3) is 8.02. The predicted octanol–water partition coefficient (Wildman–Crippen LogP) is 8.23. The molecule has 1 unspecified atom stereocenters. The average Bonchev–Trinajstić information content (AvgIpc) is 3.37. The second-order valence-corrected chi connectivity index (χ2v) is 20.3. The van der Waals surface area contributed by atoms with E-state index in [0.717, 1.165) is 28.0 Å². The van der Waals surface area contributed by atoms with Gasteiger partial charge in [0.05, 0.1) is 5.69 Å². The van der Waals surface area contributed by atoms with Crippen LogP contribution in [0.4, 0.5) is 10.6 Å². The summed E-state index contributed by atoms with van der Waals surface area (Å²) in [4.78, 5) is 46.4. The summed E-state index contributed by atoms with van der Waals surface area (Å²) >= 11 is 0. The summed E-state index contributed by atoms with van der Waals surface area (Å²) in [6, 6.07) is 6.95. The van der Waals surface area contributed by atoms with Gasteiger partial charge in [-0.05, 0) is 88.0 Å². The Kier molecular flexibility index (Phi) is 11.0. The third-order valence-electron chi connectivity index (χ3n) is 9.14. The molecule has 10 nitrogen and oxygen atoms in total. The molecular weight excluding hydrogens is 631 g/mol. The number of carbonyl (C=O) groups excluding carboxylic acids is 2. The monoisotopic (exact) mass is 681 g/mol. The highest BCUT2D eigenvalue weighted by atomic mass is 28.3. The Morgan fingerprint density at radius 2 is 1.55 bits per heavy atom. The Morgan fingerprint density at radius 1 is 0.939 bits per heavy atom. The van der Waals surface area contributed by atoms with E-state index in [2.05, 4.69) is 68.3 Å². The summed E-state index contributed by atoms with van der Waals surface area (Å²) in [5, 5.41) is 2.92. The maximum atomic E-state index is 13.4. The molecule has 4 rings (SSSR count). The molecule has 0 aliphatic carbocycles. The number of aromatic nitrogens is 5. The second-order valence-electron chi connectivity index (χ2n) is 14.8. The number of hydrogen-bond donors (Lipinski definition) is 1. The number of ether oxygens (including phenoxy) is 1. The molecule has 1 N–H and O–H groups in total. The van der Waals surface area contributed by atoms with Crippen molar-refractivity contribution in [2.24, 2.45) is 0 Å². The number of carbonyl (C=O) groups is 2. The molecule has 1 atom stereocenters. The Balaban J connectivity index is 1.92. The molecule has 0 spiro atoms. The number of nitrogens with one attached hydrogen (secondary N) is 1. The van der Waals surface area contributed by atoms with Gasteiger partial charge >= 0.3 is 6.09 Å². The van der Waals surface area contributed by atoms with Gasteiger partial charge in [0.15, 0.2) is 0 Å². The van der Waals surface area contributed by atoms with E-state index in [1.807, 2.05) is 42.6 Å². The minimum atomic E-state index is -2.17. The molecule has 0 saturated heterocycles. The fourth-order valence-corrected chi connectivity index (χ4v) is 11.6. The molecule has 4 aromatic heterocycles. The lowest BCUT2D eigenvalue weighted by Gasteiger charge is -2.38. The van der Waals surface area contributed by atoms with Gasteiger partial charge in [-0.3, -0.25) is 14.1 Å². The molecular formula is C38H51N7O3Si. The van der Waals surface area contributed by atoms with Crippen LogP contribution >= 0.6 is 0 Å². The number of imidazole rings is 1. The fraction of sp³-hybridized carbons (Fsp3) is 0.474. The zero-order valence-corrected chi connectivity index (χ0v) is 32.3. The van der Waals surface area contributed by atoms with Crippen LogP contribution in [-0.2, 0) is 9.53 Å². The van der Waals surface area contributed by atoms with Gasteiger partial charge in [-0.15, -0.1) is 5.54 Å². The number of aryl methyl sites for hydroxylation is 2. The first-order chi connectivity index (χ1) is 22.8. The highest BCUT2D eigenvalue weighted by Crippen LogP contribution is 2.41. The van der Waals surface area contributed by atoms with Gasteiger partial charge in [0.2, 0.25) is 5.91 Å². The first-order valence-corrected chi connectivity index (χ1v) is 19.2. The van der Waals surface area contributed by atoms with Gasteiger partial charge < -0.3 is 10.1 Å². The minimum absolute atomic E-state index is 0.332. The number of pyridine rings is 2. The van der Waals surface area contributed by atoms with Gasteiger partial charge in [0.25, 0.3) is 0 Å². The summed E-state index contributed by atoms with van der Waals surface area (Å²) < 4.78 is 7.52. The van der Waals surface area contributed by atoms with Crippen LogP contribution < -0.4 is 5.32 Å². The normalized spacial score (nSPS) is 12.7. The molecule has 0 saturated carbocycles. The summed E-state index contributed by atoms with van der Waals surface area (Å²) in [5.41, 5.74) is 9.81. The van der Waals surface area contributed by atoms with Gasteiger partial charge in [-0.25, -0.2) is 24.7 Å². The van der Waals surface area contributed by atoms with Crippen molar-refractivity contribution >= 4 is 31.5 Å². The van der Waals surface area contributed by atoms with Crippen molar-refractivity contribution in [2.45, 2.75) is 111 Å². The molecule has 0 bridgehead atoms. The topological polar surface area (TPSA) is 115 Å². The predicted molar refractivity (Wildman–Crippen MR) is 199 cm³/mol. The van der Waals surface area contributed by atoms with E-state index in [4.69, 9.17) is 14.7 Å². The number of nitrogens with zero attached hydrogens (tertiary/aromatic N) is 6.